The number of phenolic OH excluding ortho intramolecular Hbond substituents is 1. The Labute approximate surface area is 104 Å². The summed E-state index contributed by atoms with van der Waals surface area (Å²) in [6, 6.07) is 6.07. The molecule has 0 aliphatic rings. The number of benzene rings is 1. The summed E-state index contributed by atoms with van der Waals surface area (Å²) >= 11 is 0. The standard InChI is InChI=1S/C14H16O4/c1-8(2)14(3,17)12-10(15)6-4-9-5-7-11(16)18-13(9)12/h4-8,15,17H,1-3H3. The summed E-state index contributed by atoms with van der Waals surface area (Å²) in [7, 11) is 0. The van der Waals surface area contributed by atoms with Crippen LogP contribution in [-0.2, 0) is 5.60 Å². The molecule has 1 heterocycles. The topological polar surface area (TPSA) is 70.7 Å². The number of aliphatic hydroxyl groups is 1. The molecule has 1 aromatic heterocycles. The fourth-order valence-electron chi connectivity index (χ4n) is 1.90. The molecule has 2 N–H and O–H groups in total. The second-order valence-corrected chi connectivity index (χ2v) is 4.93. The van der Waals surface area contributed by atoms with E-state index in [9.17, 15) is 15.0 Å². The quantitative estimate of drug-likeness (QED) is 0.800. The van der Waals surface area contributed by atoms with E-state index in [0.29, 0.717) is 5.39 Å². The van der Waals surface area contributed by atoms with Crippen LogP contribution in [0.15, 0.2) is 33.5 Å². The van der Waals surface area contributed by atoms with Crippen LogP contribution in [0.3, 0.4) is 0 Å². The monoisotopic (exact) mass is 248 g/mol. The van der Waals surface area contributed by atoms with Crippen molar-refractivity contribution >= 4 is 11.0 Å². The van der Waals surface area contributed by atoms with Gasteiger partial charge in [-0.1, -0.05) is 13.8 Å². The van der Waals surface area contributed by atoms with Gasteiger partial charge in [0.15, 0.2) is 0 Å². The van der Waals surface area contributed by atoms with Crippen molar-refractivity contribution in [2.45, 2.75) is 26.4 Å². The van der Waals surface area contributed by atoms with Crippen LogP contribution in [0.1, 0.15) is 26.3 Å². The summed E-state index contributed by atoms with van der Waals surface area (Å²) in [6.07, 6.45) is 0. The summed E-state index contributed by atoms with van der Waals surface area (Å²) in [5, 5.41) is 21.1. The molecule has 0 aliphatic heterocycles. The van der Waals surface area contributed by atoms with E-state index in [1.807, 2.05) is 13.8 Å². The second-order valence-electron chi connectivity index (χ2n) is 4.93. The van der Waals surface area contributed by atoms with Crippen LogP contribution >= 0.6 is 0 Å². The van der Waals surface area contributed by atoms with E-state index in [0.717, 1.165) is 0 Å². The maximum absolute atomic E-state index is 11.3. The second kappa shape index (κ2) is 4.14. The molecular weight excluding hydrogens is 232 g/mol. The van der Waals surface area contributed by atoms with E-state index < -0.39 is 11.2 Å². The summed E-state index contributed by atoms with van der Waals surface area (Å²) in [5.41, 5.74) is -1.29. The van der Waals surface area contributed by atoms with Crippen molar-refractivity contribution in [3.63, 3.8) is 0 Å². The molecule has 1 atom stereocenters. The molecule has 2 rings (SSSR count). The van der Waals surface area contributed by atoms with Gasteiger partial charge in [0.05, 0.1) is 11.2 Å². The van der Waals surface area contributed by atoms with E-state index in [1.165, 1.54) is 12.1 Å². The third-order valence-corrected chi connectivity index (χ3v) is 3.40. The normalized spacial score (nSPS) is 14.9. The Balaban J connectivity index is 2.88. The molecule has 0 bridgehead atoms. The van der Waals surface area contributed by atoms with Crippen LogP contribution in [0.25, 0.3) is 11.0 Å². The molecule has 0 amide bonds. The van der Waals surface area contributed by atoms with Crippen LogP contribution < -0.4 is 5.63 Å². The van der Waals surface area contributed by atoms with Crippen molar-refractivity contribution in [2.24, 2.45) is 5.92 Å². The maximum Gasteiger partial charge on any atom is 0.336 e. The van der Waals surface area contributed by atoms with Crippen molar-refractivity contribution in [3.8, 4) is 5.75 Å². The highest BCUT2D eigenvalue weighted by Gasteiger charge is 2.33. The molecule has 1 aromatic carbocycles. The minimum absolute atomic E-state index is 0.0736. The van der Waals surface area contributed by atoms with Gasteiger partial charge in [0.25, 0.3) is 0 Å². The molecule has 4 nitrogen and oxygen atoms in total. The lowest BCUT2D eigenvalue weighted by molar-refractivity contribution is 0.00756. The molecular formula is C14H16O4. The van der Waals surface area contributed by atoms with Crippen LogP contribution in [-0.4, -0.2) is 10.2 Å². The van der Waals surface area contributed by atoms with Crippen LogP contribution in [0.2, 0.25) is 0 Å². The van der Waals surface area contributed by atoms with Gasteiger partial charge in [-0.25, -0.2) is 4.79 Å². The summed E-state index contributed by atoms with van der Waals surface area (Å²) in [5.74, 6) is -0.213. The van der Waals surface area contributed by atoms with Crippen molar-refractivity contribution in [3.05, 3.63) is 40.2 Å². The Kier molecular flexibility index (Phi) is 2.91. The van der Waals surface area contributed by atoms with Gasteiger partial charge in [-0.05, 0) is 31.0 Å². The first-order valence-electron chi connectivity index (χ1n) is 5.82. The third-order valence-electron chi connectivity index (χ3n) is 3.40. The Hall–Kier alpha value is -1.81. The number of hydrogen-bond donors (Lipinski definition) is 2. The maximum atomic E-state index is 11.3. The van der Waals surface area contributed by atoms with Crippen LogP contribution in [0.4, 0.5) is 0 Å². The number of aromatic hydroxyl groups is 1. The van der Waals surface area contributed by atoms with Crippen molar-refractivity contribution in [2.75, 3.05) is 0 Å². The zero-order valence-electron chi connectivity index (χ0n) is 10.6. The van der Waals surface area contributed by atoms with E-state index in [4.69, 9.17) is 4.42 Å². The van der Waals surface area contributed by atoms with Crippen LogP contribution in [0, 0.1) is 5.92 Å². The number of phenols is 1. The van der Waals surface area contributed by atoms with Gasteiger partial charge >= 0.3 is 5.63 Å². The zero-order valence-corrected chi connectivity index (χ0v) is 10.6. The average molecular weight is 248 g/mol. The van der Waals surface area contributed by atoms with Gasteiger partial charge < -0.3 is 14.6 Å². The Bertz CT molecular complexity index is 638. The minimum atomic E-state index is -1.28. The van der Waals surface area contributed by atoms with Crippen molar-refractivity contribution in [1.29, 1.82) is 0 Å². The lowest BCUT2D eigenvalue weighted by atomic mass is 9.84. The number of fused-ring (bicyclic) bond motifs is 1. The van der Waals surface area contributed by atoms with E-state index in [-0.39, 0.29) is 22.8 Å². The fraction of sp³-hybridized carbons (Fsp3) is 0.357. The van der Waals surface area contributed by atoms with Gasteiger partial charge in [-0.3, -0.25) is 0 Å². The smallest absolute Gasteiger partial charge is 0.336 e. The summed E-state index contributed by atoms with van der Waals surface area (Å²) < 4.78 is 5.13. The molecule has 0 aliphatic carbocycles. The molecule has 0 radical (unpaired) electrons. The molecule has 2 aromatic rings. The first-order chi connectivity index (χ1) is 8.34. The first-order valence-corrected chi connectivity index (χ1v) is 5.82. The highest BCUT2D eigenvalue weighted by Crippen LogP contribution is 2.39. The van der Waals surface area contributed by atoms with Gasteiger partial charge in [0, 0.05) is 11.5 Å². The number of rotatable bonds is 2. The highest BCUT2D eigenvalue weighted by molar-refractivity contribution is 5.82. The molecule has 0 saturated heterocycles. The Morgan fingerprint density at radius 1 is 1.22 bits per heavy atom. The van der Waals surface area contributed by atoms with E-state index >= 15 is 0 Å². The van der Waals surface area contributed by atoms with Gasteiger partial charge in [-0.15, -0.1) is 0 Å². The molecule has 0 saturated carbocycles. The van der Waals surface area contributed by atoms with Gasteiger partial charge in [0.1, 0.15) is 11.3 Å². The molecule has 1 unspecified atom stereocenters. The fourth-order valence-corrected chi connectivity index (χ4v) is 1.90. The predicted octanol–water partition coefficient (Wildman–Crippen LogP) is 2.36. The van der Waals surface area contributed by atoms with Crippen molar-refractivity contribution < 1.29 is 14.6 Å². The van der Waals surface area contributed by atoms with Crippen LogP contribution in [0.5, 0.6) is 5.75 Å². The van der Waals surface area contributed by atoms with Gasteiger partial charge in [-0.2, -0.15) is 0 Å². The largest absolute Gasteiger partial charge is 0.507 e. The summed E-state index contributed by atoms with van der Waals surface area (Å²) in [6.45, 7) is 5.26. The highest BCUT2D eigenvalue weighted by atomic mass is 16.4. The lowest BCUT2D eigenvalue weighted by Crippen LogP contribution is -2.28. The molecule has 18 heavy (non-hydrogen) atoms. The first kappa shape index (κ1) is 12.6. The average Bonchev–Trinajstić information content (AvgIpc) is 2.27. The molecule has 4 heteroatoms. The van der Waals surface area contributed by atoms with E-state index in [2.05, 4.69) is 0 Å². The third kappa shape index (κ3) is 1.88. The lowest BCUT2D eigenvalue weighted by Gasteiger charge is -2.29. The minimum Gasteiger partial charge on any atom is -0.507 e. The summed E-state index contributed by atoms with van der Waals surface area (Å²) in [4.78, 5) is 11.3. The SMILES string of the molecule is CC(C)C(C)(O)c1c(O)ccc2ccc(=O)oc12. The Morgan fingerprint density at radius 2 is 1.83 bits per heavy atom. The predicted molar refractivity (Wildman–Crippen MR) is 68.6 cm³/mol. The van der Waals surface area contributed by atoms with Crippen molar-refractivity contribution in [1.82, 2.24) is 0 Å². The molecule has 0 fully saturated rings. The molecule has 96 valence electrons. The molecule has 0 spiro atoms. The number of hydrogen-bond acceptors (Lipinski definition) is 4. The Morgan fingerprint density at radius 3 is 2.44 bits per heavy atom. The van der Waals surface area contributed by atoms with E-state index in [1.54, 1.807) is 19.1 Å². The van der Waals surface area contributed by atoms with Gasteiger partial charge in [0.2, 0.25) is 0 Å². The zero-order chi connectivity index (χ0) is 13.5.